The molecule has 2 atom stereocenters. The highest BCUT2D eigenvalue weighted by atomic mass is 19.1. The number of piperidine rings is 1. The van der Waals surface area contributed by atoms with Gasteiger partial charge in [0.05, 0.1) is 6.04 Å². The summed E-state index contributed by atoms with van der Waals surface area (Å²) in [5.41, 5.74) is 4.87. The second-order valence-electron chi connectivity index (χ2n) is 10.8. The van der Waals surface area contributed by atoms with Crippen LogP contribution >= 0.6 is 0 Å². The van der Waals surface area contributed by atoms with E-state index in [9.17, 15) is 9.18 Å². The smallest absolute Gasteiger partial charge is 0.245 e. The average Bonchev–Trinajstić information content (AvgIpc) is 3.71. The Balaban J connectivity index is 1.24. The van der Waals surface area contributed by atoms with Crippen molar-refractivity contribution in [3.63, 3.8) is 0 Å². The Morgan fingerprint density at radius 1 is 1.02 bits per heavy atom. The number of pyridine rings is 1. The van der Waals surface area contributed by atoms with E-state index in [2.05, 4.69) is 17.0 Å². The van der Waals surface area contributed by atoms with Crippen LogP contribution in [0.15, 0.2) is 85.6 Å². The summed E-state index contributed by atoms with van der Waals surface area (Å²) in [6.45, 7) is 4.84. The van der Waals surface area contributed by atoms with E-state index in [0.29, 0.717) is 42.3 Å². The van der Waals surface area contributed by atoms with Crippen LogP contribution in [-0.4, -0.2) is 60.4 Å². The first kappa shape index (κ1) is 26.2. The van der Waals surface area contributed by atoms with E-state index in [1.165, 1.54) is 23.0 Å². The number of alkyl halides is 1. The molecule has 2 aliphatic rings. The number of carbonyl (C=O) groups excluding carboxylic acids is 1. The Hall–Kier alpha value is -4.70. The highest BCUT2D eigenvalue weighted by Gasteiger charge is 2.35. The molecule has 0 radical (unpaired) electrons. The van der Waals surface area contributed by atoms with Crippen molar-refractivity contribution in [1.29, 1.82) is 0 Å². The van der Waals surface area contributed by atoms with Crippen molar-refractivity contribution in [3.8, 4) is 22.9 Å². The molecule has 10 heteroatoms. The van der Waals surface area contributed by atoms with E-state index in [-0.39, 0.29) is 11.9 Å². The monoisotopic (exact) mass is 565 g/mol. The molecule has 1 saturated heterocycles. The zero-order chi connectivity index (χ0) is 28.8. The van der Waals surface area contributed by atoms with Gasteiger partial charge in [-0.2, -0.15) is 4.39 Å². The van der Waals surface area contributed by atoms with E-state index < -0.39 is 18.2 Å². The second kappa shape index (κ2) is 10.6. The maximum absolute atomic E-state index is 15.5. The van der Waals surface area contributed by atoms with Gasteiger partial charge < -0.3 is 10.2 Å². The first-order chi connectivity index (χ1) is 20.5. The van der Waals surface area contributed by atoms with Gasteiger partial charge in [-0.1, -0.05) is 43.0 Å². The SMILES string of the molecule is C=CC(=O)N1CCC(N[C@@H]2c3ccc(-n4c(-c5ccccc5)nc5ccc(-n6ccc(F)n6)nc54)cc3CC2F)CC1. The minimum Gasteiger partial charge on any atom is -0.339 e. The summed E-state index contributed by atoms with van der Waals surface area (Å²) in [5.74, 6) is 0.513. The Bertz CT molecular complexity index is 1790. The van der Waals surface area contributed by atoms with Gasteiger partial charge in [0, 0.05) is 49.1 Å². The summed E-state index contributed by atoms with van der Waals surface area (Å²) < 4.78 is 32.5. The molecule has 1 aliphatic carbocycles. The summed E-state index contributed by atoms with van der Waals surface area (Å²) in [6, 6.07) is 20.4. The number of rotatable bonds is 6. The highest BCUT2D eigenvalue weighted by molar-refractivity contribution is 5.87. The van der Waals surface area contributed by atoms with Crippen LogP contribution in [0.3, 0.4) is 0 Å². The fraction of sp³-hybridized carbons (Fsp3) is 0.250. The lowest BCUT2D eigenvalue weighted by Gasteiger charge is -2.34. The zero-order valence-corrected chi connectivity index (χ0v) is 22.8. The van der Waals surface area contributed by atoms with Gasteiger partial charge in [-0.15, -0.1) is 5.10 Å². The lowest BCUT2D eigenvalue weighted by atomic mass is 10.0. The van der Waals surface area contributed by atoms with Crippen LogP contribution in [0.4, 0.5) is 8.78 Å². The molecular formula is C32H29F2N7O. The van der Waals surface area contributed by atoms with E-state index in [0.717, 1.165) is 35.2 Å². The third-order valence-corrected chi connectivity index (χ3v) is 8.21. The lowest BCUT2D eigenvalue weighted by Crippen LogP contribution is -2.46. The van der Waals surface area contributed by atoms with Crippen molar-refractivity contribution >= 4 is 17.1 Å². The van der Waals surface area contributed by atoms with Crippen LogP contribution in [0.1, 0.15) is 30.0 Å². The molecule has 1 aliphatic heterocycles. The minimum absolute atomic E-state index is 0.0594. The number of amides is 1. The highest BCUT2D eigenvalue weighted by Crippen LogP contribution is 2.37. The molecule has 8 nitrogen and oxygen atoms in total. The predicted octanol–water partition coefficient (Wildman–Crippen LogP) is 5.11. The van der Waals surface area contributed by atoms with Crippen molar-refractivity contribution in [1.82, 2.24) is 34.5 Å². The van der Waals surface area contributed by atoms with E-state index >= 15 is 4.39 Å². The molecule has 5 aromatic rings. The second-order valence-corrected chi connectivity index (χ2v) is 10.8. The summed E-state index contributed by atoms with van der Waals surface area (Å²) >= 11 is 0. The van der Waals surface area contributed by atoms with Gasteiger partial charge >= 0.3 is 0 Å². The third kappa shape index (κ3) is 4.67. The van der Waals surface area contributed by atoms with Crippen LogP contribution in [-0.2, 0) is 11.2 Å². The Labute approximate surface area is 241 Å². The topological polar surface area (TPSA) is 80.9 Å². The van der Waals surface area contributed by atoms with Crippen LogP contribution < -0.4 is 5.32 Å². The maximum Gasteiger partial charge on any atom is 0.245 e. The standard InChI is InChI=1S/C32H29F2N7O/c1-2-29(42)39-15-12-22(13-16-39)35-30-24-9-8-23(18-21(24)19-25(30)33)41-31(20-6-4-3-5-7-20)36-26-10-11-28(37-32(26)41)40-17-14-27(34)38-40/h2-11,14,17-18,22,25,30,35H,1,12-13,15-16,19H2/t25?,30-/m1/s1. The minimum atomic E-state index is -1.06. The van der Waals surface area contributed by atoms with Crippen LogP contribution in [0.25, 0.3) is 34.1 Å². The number of halogens is 2. The summed E-state index contributed by atoms with van der Waals surface area (Å²) in [4.78, 5) is 23.5. The number of carbonyl (C=O) groups is 1. The molecule has 3 aromatic heterocycles. The van der Waals surface area contributed by atoms with Gasteiger partial charge in [0.25, 0.3) is 0 Å². The van der Waals surface area contributed by atoms with Gasteiger partial charge in [-0.05, 0) is 54.3 Å². The molecule has 4 heterocycles. The number of nitrogens with zero attached hydrogens (tertiary/aromatic N) is 6. The number of nitrogens with one attached hydrogen (secondary N) is 1. The number of imidazole rings is 1. The molecule has 212 valence electrons. The fourth-order valence-corrected chi connectivity index (χ4v) is 6.11. The molecule has 42 heavy (non-hydrogen) atoms. The number of likely N-dealkylation sites (tertiary alicyclic amines) is 1. The number of aromatic nitrogens is 5. The van der Waals surface area contributed by atoms with Gasteiger partial charge in [0.1, 0.15) is 17.5 Å². The largest absolute Gasteiger partial charge is 0.339 e. The van der Waals surface area contributed by atoms with Gasteiger partial charge in [-0.3, -0.25) is 9.36 Å². The maximum atomic E-state index is 15.5. The van der Waals surface area contributed by atoms with Crippen molar-refractivity contribution in [2.24, 2.45) is 0 Å². The summed E-state index contributed by atoms with van der Waals surface area (Å²) in [5, 5.41) is 7.41. The Morgan fingerprint density at radius 3 is 2.57 bits per heavy atom. The number of fused-ring (bicyclic) bond motifs is 2. The van der Waals surface area contributed by atoms with E-state index in [1.807, 2.05) is 59.2 Å². The van der Waals surface area contributed by atoms with Gasteiger partial charge in [-0.25, -0.2) is 19.0 Å². The predicted molar refractivity (Wildman–Crippen MR) is 156 cm³/mol. The normalized spacial score (nSPS) is 18.9. The first-order valence-corrected chi connectivity index (χ1v) is 14.1. The molecule has 7 rings (SSSR count). The lowest BCUT2D eigenvalue weighted by molar-refractivity contribution is -0.127. The molecule has 1 fully saturated rings. The molecule has 2 aromatic carbocycles. The third-order valence-electron chi connectivity index (χ3n) is 8.21. The Morgan fingerprint density at radius 2 is 1.83 bits per heavy atom. The van der Waals surface area contributed by atoms with Crippen molar-refractivity contribution in [3.05, 3.63) is 103 Å². The molecule has 1 N–H and O–H groups in total. The first-order valence-electron chi connectivity index (χ1n) is 14.1. The number of hydrogen-bond acceptors (Lipinski definition) is 5. The molecule has 0 spiro atoms. The van der Waals surface area contributed by atoms with Crippen molar-refractivity contribution in [2.75, 3.05) is 13.1 Å². The molecular weight excluding hydrogens is 536 g/mol. The zero-order valence-electron chi connectivity index (χ0n) is 22.8. The van der Waals surface area contributed by atoms with Gasteiger partial charge in [0.15, 0.2) is 11.5 Å². The number of hydrogen-bond donors (Lipinski definition) is 1. The summed E-state index contributed by atoms with van der Waals surface area (Å²) in [7, 11) is 0. The molecule has 1 amide bonds. The number of benzene rings is 2. The van der Waals surface area contributed by atoms with Crippen LogP contribution in [0.5, 0.6) is 0 Å². The molecule has 0 saturated carbocycles. The van der Waals surface area contributed by atoms with E-state index in [4.69, 9.17) is 9.97 Å². The van der Waals surface area contributed by atoms with Crippen LogP contribution in [0, 0.1) is 5.95 Å². The molecule has 1 unspecified atom stereocenters. The molecule has 0 bridgehead atoms. The van der Waals surface area contributed by atoms with Crippen molar-refractivity contribution in [2.45, 2.75) is 37.5 Å². The van der Waals surface area contributed by atoms with E-state index in [1.54, 1.807) is 11.0 Å². The Kier molecular flexibility index (Phi) is 6.62. The summed E-state index contributed by atoms with van der Waals surface area (Å²) in [6.07, 6.45) is 3.64. The van der Waals surface area contributed by atoms with Crippen molar-refractivity contribution < 1.29 is 13.6 Å². The van der Waals surface area contributed by atoms with Gasteiger partial charge in [0.2, 0.25) is 11.9 Å². The quantitative estimate of drug-likeness (QED) is 0.290. The fourth-order valence-electron chi connectivity index (χ4n) is 6.11. The van der Waals surface area contributed by atoms with Crippen LogP contribution in [0.2, 0.25) is 0 Å². The average molecular weight is 566 g/mol.